The Kier molecular flexibility index (Phi) is 3.71. The summed E-state index contributed by atoms with van der Waals surface area (Å²) in [6.45, 7) is 11.0. The summed E-state index contributed by atoms with van der Waals surface area (Å²) < 4.78 is 6.12. The van der Waals surface area contributed by atoms with Crippen LogP contribution in [0.3, 0.4) is 0 Å². The summed E-state index contributed by atoms with van der Waals surface area (Å²) >= 11 is 6.03. The standard InChI is InChI=1S/C11H21ClO2Si/c1-11(2,3)15(4,5)14-10-7-8(13)6-9(10)12/h6,8,10,13H,7H2,1-5H3/t8-,10-/m1/s1. The summed E-state index contributed by atoms with van der Waals surface area (Å²) in [4.78, 5) is 0. The maximum absolute atomic E-state index is 9.44. The van der Waals surface area contributed by atoms with E-state index in [1.165, 1.54) is 0 Å². The highest BCUT2D eigenvalue weighted by atomic mass is 35.5. The zero-order valence-corrected chi connectivity index (χ0v) is 11.9. The maximum atomic E-state index is 9.44. The molecule has 0 spiro atoms. The Balaban J connectivity index is 2.68. The van der Waals surface area contributed by atoms with Crippen molar-refractivity contribution in [3.05, 3.63) is 11.1 Å². The molecule has 0 amide bonds. The zero-order valence-electron chi connectivity index (χ0n) is 10.2. The van der Waals surface area contributed by atoms with Gasteiger partial charge in [0, 0.05) is 11.5 Å². The lowest BCUT2D eigenvalue weighted by Gasteiger charge is -2.38. The molecule has 1 N–H and O–H groups in total. The summed E-state index contributed by atoms with van der Waals surface area (Å²) in [5, 5.41) is 10.3. The quantitative estimate of drug-likeness (QED) is 0.761. The molecule has 2 nitrogen and oxygen atoms in total. The first-order valence-electron chi connectivity index (χ1n) is 5.36. The monoisotopic (exact) mass is 248 g/mol. The number of hydrogen-bond donors (Lipinski definition) is 1. The normalized spacial score (nSPS) is 28.1. The number of hydrogen-bond acceptors (Lipinski definition) is 2. The molecule has 88 valence electrons. The molecular formula is C11H21ClO2Si. The molecule has 2 atom stereocenters. The molecule has 0 fully saturated rings. The van der Waals surface area contributed by atoms with Gasteiger partial charge in [0.25, 0.3) is 0 Å². The Hall–Kier alpha value is 0.167. The molecule has 1 rings (SSSR count). The van der Waals surface area contributed by atoms with Gasteiger partial charge in [0.05, 0.1) is 12.2 Å². The Morgan fingerprint density at radius 3 is 2.33 bits per heavy atom. The molecule has 0 aliphatic heterocycles. The molecule has 0 saturated heterocycles. The third-order valence-electron chi connectivity index (χ3n) is 3.36. The lowest BCUT2D eigenvalue weighted by molar-refractivity contribution is 0.154. The largest absolute Gasteiger partial charge is 0.409 e. The van der Waals surface area contributed by atoms with E-state index in [9.17, 15) is 5.11 Å². The van der Waals surface area contributed by atoms with E-state index in [0.717, 1.165) is 0 Å². The second kappa shape index (κ2) is 4.21. The van der Waals surface area contributed by atoms with E-state index >= 15 is 0 Å². The van der Waals surface area contributed by atoms with E-state index < -0.39 is 14.4 Å². The summed E-state index contributed by atoms with van der Waals surface area (Å²) in [5.41, 5.74) is 0. The van der Waals surface area contributed by atoms with Crippen LogP contribution >= 0.6 is 11.6 Å². The van der Waals surface area contributed by atoms with Crippen LogP contribution in [0.25, 0.3) is 0 Å². The van der Waals surface area contributed by atoms with Gasteiger partial charge < -0.3 is 9.53 Å². The minimum absolute atomic E-state index is 0.0949. The predicted molar refractivity (Wildman–Crippen MR) is 66.6 cm³/mol. The van der Waals surface area contributed by atoms with Crippen molar-refractivity contribution in [2.24, 2.45) is 0 Å². The summed E-state index contributed by atoms with van der Waals surface area (Å²) in [6, 6.07) is 0. The van der Waals surface area contributed by atoms with Crippen molar-refractivity contribution in [2.75, 3.05) is 0 Å². The number of halogens is 1. The van der Waals surface area contributed by atoms with Gasteiger partial charge >= 0.3 is 0 Å². The lowest BCUT2D eigenvalue weighted by Crippen LogP contribution is -2.43. The molecule has 0 radical (unpaired) electrons. The molecular weight excluding hydrogens is 228 g/mol. The Bertz CT molecular complexity index is 268. The third kappa shape index (κ3) is 3.06. The average molecular weight is 249 g/mol. The molecule has 1 aliphatic rings. The van der Waals surface area contributed by atoms with E-state index in [4.69, 9.17) is 16.0 Å². The highest BCUT2D eigenvalue weighted by molar-refractivity contribution is 6.74. The Morgan fingerprint density at radius 1 is 1.47 bits per heavy atom. The SMILES string of the molecule is CC(C)(C)[Si](C)(C)O[C@@H]1C[C@H](O)C=C1Cl. The maximum Gasteiger partial charge on any atom is 0.192 e. The third-order valence-corrected chi connectivity index (χ3v) is 8.21. The summed E-state index contributed by atoms with van der Waals surface area (Å²) in [5.74, 6) is 0. The minimum Gasteiger partial charge on any atom is -0.409 e. The molecule has 0 bridgehead atoms. The van der Waals surface area contributed by atoms with Gasteiger partial charge in [-0.05, 0) is 24.2 Å². The fraction of sp³-hybridized carbons (Fsp3) is 0.818. The van der Waals surface area contributed by atoms with Crippen molar-refractivity contribution in [3.8, 4) is 0 Å². The van der Waals surface area contributed by atoms with Crippen molar-refractivity contribution in [1.82, 2.24) is 0 Å². The molecule has 0 aromatic heterocycles. The van der Waals surface area contributed by atoms with Crippen LogP contribution in [0.1, 0.15) is 27.2 Å². The lowest BCUT2D eigenvalue weighted by atomic mass is 10.2. The number of aliphatic hydroxyl groups excluding tert-OH is 1. The second-order valence-corrected chi connectivity index (χ2v) is 10.9. The predicted octanol–water partition coefficient (Wildman–Crippen LogP) is 3.26. The van der Waals surface area contributed by atoms with Crippen LogP contribution in [0.4, 0.5) is 0 Å². The molecule has 1 aliphatic carbocycles. The molecule has 15 heavy (non-hydrogen) atoms. The van der Waals surface area contributed by atoms with Gasteiger partial charge in [0.15, 0.2) is 8.32 Å². The van der Waals surface area contributed by atoms with Crippen LogP contribution in [-0.4, -0.2) is 25.6 Å². The minimum atomic E-state index is -1.78. The highest BCUT2D eigenvalue weighted by Gasteiger charge is 2.41. The molecule has 0 aromatic rings. The van der Waals surface area contributed by atoms with Gasteiger partial charge in [0.2, 0.25) is 0 Å². The first kappa shape index (κ1) is 13.2. The second-order valence-electron chi connectivity index (χ2n) is 5.72. The van der Waals surface area contributed by atoms with E-state index in [0.29, 0.717) is 11.5 Å². The highest BCUT2D eigenvalue weighted by Crippen LogP contribution is 2.40. The topological polar surface area (TPSA) is 29.5 Å². The van der Waals surface area contributed by atoms with E-state index in [-0.39, 0.29) is 11.1 Å². The van der Waals surface area contributed by atoms with E-state index in [2.05, 4.69) is 33.9 Å². The molecule has 0 unspecified atom stereocenters. The van der Waals surface area contributed by atoms with Gasteiger partial charge in [0.1, 0.15) is 0 Å². The fourth-order valence-electron chi connectivity index (χ4n) is 1.33. The van der Waals surface area contributed by atoms with Crippen LogP contribution in [0.15, 0.2) is 11.1 Å². The zero-order chi connectivity index (χ0) is 11.9. The number of rotatable bonds is 2. The molecule has 0 saturated carbocycles. The van der Waals surface area contributed by atoms with Crippen molar-refractivity contribution < 1.29 is 9.53 Å². The van der Waals surface area contributed by atoms with Crippen LogP contribution < -0.4 is 0 Å². The van der Waals surface area contributed by atoms with Crippen LogP contribution in [-0.2, 0) is 4.43 Å². The van der Waals surface area contributed by atoms with Gasteiger partial charge in [-0.3, -0.25) is 0 Å². The van der Waals surface area contributed by atoms with Crippen LogP contribution in [0.5, 0.6) is 0 Å². The van der Waals surface area contributed by atoms with Crippen LogP contribution in [0.2, 0.25) is 18.1 Å². The van der Waals surface area contributed by atoms with Gasteiger partial charge in [-0.15, -0.1) is 0 Å². The van der Waals surface area contributed by atoms with Crippen molar-refractivity contribution >= 4 is 19.9 Å². The van der Waals surface area contributed by atoms with Crippen molar-refractivity contribution in [3.63, 3.8) is 0 Å². The average Bonchev–Trinajstić information content (AvgIpc) is 2.26. The first-order valence-corrected chi connectivity index (χ1v) is 8.65. The van der Waals surface area contributed by atoms with Crippen molar-refractivity contribution in [2.45, 2.75) is 57.5 Å². The van der Waals surface area contributed by atoms with E-state index in [1.807, 2.05) is 0 Å². The molecule has 4 heteroatoms. The van der Waals surface area contributed by atoms with Crippen LogP contribution in [0, 0.1) is 0 Å². The van der Waals surface area contributed by atoms with Gasteiger partial charge in [-0.1, -0.05) is 32.4 Å². The Morgan fingerprint density at radius 2 is 2.00 bits per heavy atom. The van der Waals surface area contributed by atoms with Crippen molar-refractivity contribution in [1.29, 1.82) is 0 Å². The van der Waals surface area contributed by atoms with E-state index in [1.54, 1.807) is 6.08 Å². The molecule has 0 heterocycles. The first-order chi connectivity index (χ1) is 6.63. The van der Waals surface area contributed by atoms with Gasteiger partial charge in [-0.2, -0.15) is 0 Å². The molecule has 0 aromatic carbocycles. The summed E-state index contributed by atoms with van der Waals surface area (Å²) in [6.07, 6.45) is 1.75. The fourth-order valence-corrected chi connectivity index (χ4v) is 2.97. The number of aliphatic hydroxyl groups is 1. The Labute approximate surface area is 98.4 Å². The van der Waals surface area contributed by atoms with Gasteiger partial charge in [-0.25, -0.2) is 0 Å². The summed E-state index contributed by atoms with van der Waals surface area (Å²) in [7, 11) is -1.78. The smallest absolute Gasteiger partial charge is 0.192 e.